The van der Waals surface area contributed by atoms with E-state index in [2.05, 4.69) is 15.8 Å². The monoisotopic (exact) mass is 278 g/mol. The van der Waals surface area contributed by atoms with Crippen molar-refractivity contribution in [3.05, 3.63) is 23.0 Å². The molecule has 19 heavy (non-hydrogen) atoms. The average molecular weight is 279 g/mol. The van der Waals surface area contributed by atoms with E-state index in [4.69, 9.17) is 23.8 Å². The Morgan fingerprint density at radius 3 is 2.79 bits per heavy atom. The van der Waals surface area contributed by atoms with Crippen LogP contribution in [0.2, 0.25) is 5.15 Å². The Kier molecular flexibility index (Phi) is 4.25. The molecule has 100 valence electrons. The first-order valence-corrected chi connectivity index (χ1v) is 6.35. The molecule has 1 aliphatic rings. The van der Waals surface area contributed by atoms with Gasteiger partial charge in [0.15, 0.2) is 0 Å². The zero-order valence-electron chi connectivity index (χ0n) is 10.5. The normalized spacial score (nSPS) is 16.1. The molecule has 0 bridgehead atoms. The van der Waals surface area contributed by atoms with Crippen LogP contribution in [0.4, 0.5) is 5.69 Å². The van der Waals surface area contributed by atoms with Crippen LogP contribution in [0.15, 0.2) is 12.3 Å². The zero-order chi connectivity index (χ0) is 13.8. The number of terminal acetylenes is 1. The first-order valence-electron chi connectivity index (χ1n) is 5.98. The number of carbonyl (C=O) groups is 1. The highest BCUT2D eigenvalue weighted by atomic mass is 35.5. The molecule has 2 rings (SSSR count). The van der Waals surface area contributed by atoms with Gasteiger partial charge in [-0.05, 0) is 6.07 Å². The molecular weight excluding hydrogens is 264 g/mol. The van der Waals surface area contributed by atoms with Gasteiger partial charge in [-0.2, -0.15) is 0 Å². The predicted octanol–water partition coefficient (Wildman–Crippen LogP) is 0.708. The van der Waals surface area contributed by atoms with E-state index < -0.39 is 0 Å². The highest BCUT2D eigenvalue weighted by Gasteiger charge is 2.23. The van der Waals surface area contributed by atoms with Crippen molar-refractivity contribution in [2.75, 3.05) is 38.5 Å². The number of anilines is 1. The van der Waals surface area contributed by atoms with Crippen molar-refractivity contribution in [3.8, 4) is 12.3 Å². The summed E-state index contributed by atoms with van der Waals surface area (Å²) in [6.45, 7) is 3.41. The molecule has 0 aliphatic carbocycles. The van der Waals surface area contributed by atoms with E-state index in [9.17, 15) is 4.79 Å². The molecule has 1 aliphatic heterocycles. The minimum Gasteiger partial charge on any atom is -0.397 e. The van der Waals surface area contributed by atoms with Crippen LogP contribution >= 0.6 is 11.6 Å². The topological polar surface area (TPSA) is 62.5 Å². The Hall–Kier alpha value is -1.77. The number of rotatable bonds is 2. The average Bonchev–Trinajstić information content (AvgIpc) is 2.42. The number of carbonyl (C=O) groups excluding carboxylic acids is 1. The third-order valence-corrected chi connectivity index (χ3v) is 3.37. The molecule has 1 fully saturated rings. The maximum Gasteiger partial charge on any atom is 0.257 e. The van der Waals surface area contributed by atoms with E-state index in [0.29, 0.717) is 30.9 Å². The van der Waals surface area contributed by atoms with Gasteiger partial charge in [-0.3, -0.25) is 9.69 Å². The Bertz CT molecular complexity index is 518. The first-order chi connectivity index (χ1) is 9.11. The molecule has 1 amide bonds. The molecule has 0 aromatic carbocycles. The second-order valence-electron chi connectivity index (χ2n) is 4.38. The van der Waals surface area contributed by atoms with Gasteiger partial charge in [-0.1, -0.05) is 17.5 Å². The molecule has 2 heterocycles. The van der Waals surface area contributed by atoms with Crippen molar-refractivity contribution in [3.63, 3.8) is 0 Å². The van der Waals surface area contributed by atoms with Gasteiger partial charge in [0, 0.05) is 26.2 Å². The largest absolute Gasteiger partial charge is 0.397 e. The molecule has 6 heteroatoms. The van der Waals surface area contributed by atoms with Gasteiger partial charge in [-0.15, -0.1) is 6.42 Å². The number of pyridine rings is 1. The fraction of sp³-hybridized carbons (Fsp3) is 0.385. The second kappa shape index (κ2) is 5.91. The van der Waals surface area contributed by atoms with E-state index in [0.717, 1.165) is 13.1 Å². The number of nitrogen functional groups attached to an aromatic ring is 1. The van der Waals surface area contributed by atoms with Crippen LogP contribution < -0.4 is 5.73 Å². The minimum absolute atomic E-state index is 0.134. The van der Waals surface area contributed by atoms with Crippen molar-refractivity contribution in [2.24, 2.45) is 0 Å². The number of hydrogen-bond donors (Lipinski definition) is 1. The Morgan fingerprint density at radius 2 is 2.16 bits per heavy atom. The van der Waals surface area contributed by atoms with Gasteiger partial charge >= 0.3 is 0 Å². The standard InChI is InChI=1S/C13H15ClN4O/c1-2-3-17-4-6-18(7-5-17)13(19)11-8-10(15)9-16-12(11)14/h1,8-9H,3-7,15H2. The molecule has 0 unspecified atom stereocenters. The summed E-state index contributed by atoms with van der Waals surface area (Å²) in [6, 6.07) is 1.56. The number of nitrogens with zero attached hydrogens (tertiary/aromatic N) is 3. The lowest BCUT2D eigenvalue weighted by Crippen LogP contribution is -2.48. The van der Waals surface area contributed by atoms with Crippen molar-refractivity contribution in [2.45, 2.75) is 0 Å². The van der Waals surface area contributed by atoms with Crippen LogP contribution in [-0.2, 0) is 0 Å². The molecule has 2 N–H and O–H groups in total. The summed E-state index contributed by atoms with van der Waals surface area (Å²) in [5.41, 5.74) is 6.42. The molecule has 0 saturated carbocycles. The number of piperazine rings is 1. The van der Waals surface area contributed by atoms with Crippen molar-refractivity contribution in [1.82, 2.24) is 14.8 Å². The van der Waals surface area contributed by atoms with Crippen molar-refractivity contribution < 1.29 is 4.79 Å². The minimum atomic E-state index is -0.134. The van der Waals surface area contributed by atoms with E-state index >= 15 is 0 Å². The lowest BCUT2D eigenvalue weighted by atomic mass is 10.2. The molecular formula is C13H15ClN4O. The van der Waals surface area contributed by atoms with E-state index in [1.54, 1.807) is 11.0 Å². The van der Waals surface area contributed by atoms with Crippen LogP contribution in [-0.4, -0.2) is 53.4 Å². The van der Waals surface area contributed by atoms with Crippen LogP contribution in [0.1, 0.15) is 10.4 Å². The lowest BCUT2D eigenvalue weighted by Gasteiger charge is -2.33. The summed E-state index contributed by atoms with van der Waals surface area (Å²) in [5.74, 6) is 2.47. The summed E-state index contributed by atoms with van der Waals surface area (Å²) in [7, 11) is 0. The van der Waals surface area contributed by atoms with Crippen LogP contribution in [0.3, 0.4) is 0 Å². The highest BCUT2D eigenvalue weighted by Crippen LogP contribution is 2.18. The van der Waals surface area contributed by atoms with Gasteiger partial charge < -0.3 is 10.6 Å². The molecule has 0 spiro atoms. The van der Waals surface area contributed by atoms with E-state index in [1.165, 1.54) is 6.20 Å². The van der Waals surface area contributed by atoms with Crippen LogP contribution in [0.25, 0.3) is 0 Å². The van der Waals surface area contributed by atoms with Crippen molar-refractivity contribution >= 4 is 23.2 Å². The Labute approximate surface area is 117 Å². The summed E-state index contributed by atoms with van der Waals surface area (Å²) in [6.07, 6.45) is 6.70. The quantitative estimate of drug-likeness (QED) is 0.639. The van der Waals surface area contributed by atoms with Gasteiger partial charge in [0.2, 0.25) is 0 Å². The van der Waals surface area contributed by atoms with Crippen LogP contribution in [0.5, 0.6) is 0 Å². The first kappa shape index (κ1) is 13.7. The highest BCUT2D eigenvalue weighted by molar-refractivity contribution is 6.32. The summed E-state index contributed by atoms with van der Waals surface area (Å²) in [4.78, 5) is 20.1. The lowest BCUT2D eigenvalue weighted by molar-refractivity contribution is 0.0652. The summed E-state index contributed by atoms with van der Waals surface area (Å²) < 4.78 is 0. The Balaban J connectivity index is 2.05. The third kappa shape index (κ3) is 3.16. The Morgan fingerprint density at radius 1 is 1.47 bits per heavy atom. The number of halogens is 1. The SMILES string of the molecule is C#CCN1CCN(C(=O)c2cc(N)cnc2Cl)CC1. The zero-order valence-corrected chi connectivity index (χ0v) is 11.2. The molecule has 1 aromatic rings. The molecule has 1 aromatic heterocycles. The third-order valence-electron chi connectivity index (χ3n) is 3.07. The van der Waals surface area contributed by atoms with Gasteiger partial charge in [0.25, 0.3) is 5.91 Å². The summed E-state index contributed by atoms with van der Waals surface area (Å²) in [5, 5.41) is 0.185. The predicted molar refractivity (Wildman–Crippen MR) is 74.8 cm³/mol. The maximum atomic E-state index is 12.3. The van der Waals surface area contributed by atoms with Crippen LogP contribution in [0, 0.1) is 12.3 Å². The fourth-order valence-corrected chi connectivity index (χ4v) is 2.21. The fourth-order valence-electron chi connectivity index (χ4n) is 2.02. The van der Waals surface area contributed by atoms with E-state index in [1.807, 2.05) is 0 Å². The molecule has 0 atom stereocenters. The molecule has 0 radical (unpaired) electrons. The number of amides is 1. The number of nitrogens with two attached hydrogens (primary N) is 1. The second-order valence-corrected chi connectivity index (χ2v) is 4.74. The van der Waals surface area contributed by atoms with Gasteiger partial charge in [-0.25, -0.2) is 4.98 Å². The summed E-state index contributed by atoms with van der Waals surface area (Å²) >= 11 is 5.94. The maximum absolute atomic E-state index is 12.3. The van der Waals surface area contributed by atoms with Crippen molar-refractivity contribution in [1.29, 1.82) is 0 Å². The smallest absolute Gasteiger partial charge is 0.257 e. The number of aromatic nitrogens is 1. The van der Waals surface area contributed by atoms with Gasteiger partial charge in [0.1, 0.15) is 5.15 Å². The van der Waals surface area contributed by atoms with E-state index in [-0.39, 0.29) is 11.1 Å². The molecule has 1 saturated heterocycles. The molecule has 5 nitrogen and oxygen atoms in total. The van der Waals surface area contributed by atoms with Gasteiger partial charge in [0.05, 0.1) is 24.0 Å². The number of hydrogen-bond acceptors (Lipinski definition) is 4.